The standard InChI is InChI=1S/C27H36N8O4/c1-2-39-20(36)11-12-27(28)34(19-7-3-4-8-19)22(24-29-13-5-14-30-24)21(33-17-18-9-10-18)23(25(37)38)35(27)26-31-15-6-16-32-26/h5-6,13-16,18-19,22,33H,2-4,7-12,17,28H2,1H3,(H,37,38). The van der Waals surface area contributed by atoms with Crippen molar-refractivity contribution in [1.82, 2.24) is 30.2 Å². The molecule has 3 heterocycles. The summed E-state index contributed by atoms with van der Waals surface area (Å²) in [6, 6.07) is 2.71. The molecule has 0 bridgehead atoms. The van der Waals surface area contributed by atoms with E-state index in [-0.39, 0.29) is 37.1 Å². The van der Waals surface area contributed by atoms with Crippen LogP contribution in [0.15, 0.2) is 48.3 Å². The number of carbonyl (C=O) groups excluding carboxylic acids is 1. The number of aliphatic carboxylic acids is 1. The number of nitrogens with one attached hydrogen (secondary N) is 1. The van der Waals surface area contributed by atoms with Gasteiger partial charge < -0.3 is 15.2 Å². The number of rotatable bonds is 11. The maximum Gasteiger partial charge on any atom is 0.354 e. The molecule has 12 heteroatoms. The van der Waals surface area contributed by atoms with E-state index in [1.165, 1.54) is 4.90 Å². The first-order valence-corrected chi connectivity index (χ1v) is 13.7. The molecule has 0 aromatic carbocycles. The van der Waals surface area contributed by atoms with Gasteiger partial charge in [0, 0.05) is 43.8 Å². The summed E-state index contributed by atoms with van der Waals surface area (Å²) in [5, 5.41) is 14.2. The van der Waals surface area contributed by atoms with Crippen molar-refractivity contribution in [2.75, 3.05) is 18.1 Å². The number of hydrogen-bond donors (Lipinski definition) is 3. The summed E-state index contributed by atoms with van der Waals surface area (Å²) in [6.07, 6.45) is 12.4. The van der Waals surface area contributed by atoms with E-state index in [0.717, 1.165) is 38.5 Å². The van der Waals surface area contributed by atoms with Gasteiger partial charge in [0.1, 0.15) is 6.04 Å². The van der Waals surface area contributed by atoms with Crippen LogP contribution in [0.1, 0.15) is 70.2 Å². The molecule has 2 atom stereocenters. The quantitative estimate of drug-likeness (QED) is 0.360. The van der Waals surface area contributed by atoms with Gasteiger partial charge in [-0.3, -0.25) is 15.4 Å². The first kappa shape index (κ1) is 26.9. The van der Waals surface area contributed by atoms with E-state index in [9.17, 15) is 14.7 Å². The average molecular weight is 537 g/mol. The minimum absolute atomic E-state index is 0.00900. The second kappa shape index (κ2) is 11.6. The lowest BCUT2D eigenvalue weighted by Gasteiger charge is -2.56. The van der Waals surface area contributed by atoms with Gasteiger partial charge in [0.25, 0.3) is 0 Å². The van der Waals surface area contributed by atoms with E-state index in [4.69, 9.17) is 10.5 Å². The van der Waals surface area contributed by atoms with Gasteiger partial charge in [-0.15, -0.1) is 0 Å². The van der Waals surface area contributed by atoms with Crippen molar-refractivity contribution in [2.24, 2.45) is 11.7 Å². The molecule has 3 aliphatic rings. The Morgan fingerprint density at radius 3 is 2.31 bits per heavy atom. The predicted octanol–water partition coefficient (Wildman–Crippen LogP) is 2.32. The smallest absolute Gasteiger partial charge is 0.354 e. The van der Waals surface area contributed by atoms with Gasteiger partial charge in [-0.25, -0.2) is 29.6 Å². The van der Waals surface area contributed by atoms with E-state index in [1.54, 1.807) is 43.8 Å². The van der Waals surface area contributed by atoms with Gasteiger partial charge in [-0.2, -0.15) is 0 Å². The lowest BCUT2D eigenvalue weighted by molar-refractivity contribution is -0.144. The number of carboxylic acids is 1. The van der Waals surface area contributed by atoms with Crippen molar-refractivity contribution in [3.05, 3.63) is 54.1 Å². The molecular weight excluding hydrogens is 500 g/mol. The predicted molar refractivity (Wildman–Crippen MR) is 142 cm³/mol. The van der Waals surface area contributed by atoms with E-state index < -0.39 is 23.8 Å². The Labute approximate surface area is 227 Å². The molecule has 2 aliphatic carbocycles. The minimum atomic E-state index is -1.49. The van der Waals surface area contributed by atoms with Crippen molar-refractivity contribution >= 4 is 17.9 Å². The lowest BCUT2D eigenvalue weighted by atomic mass is 9.93. The Morgan fingerprint density at radius 2 is 1.72 bits per heavy atom. The Kier molecular flexibility index (Phi) is 8.03. The van der Waals surface area contributed by atoms with E-state index >= 15 is 0 Å². The summed E-state index contributed by atoms with van der Waals surface area (Å²) in [7, 11) is 0. The highest BCUT2D eigenvalue weighted by Gasteiger charge is 2.56. The first-order valence-electron chi connectivity index (χ1n) is 13.7. The van der Waals surface area contributed by atoms with Gasteiger partial charge in [0.15, 0.2) is 17.3 Å². The second-order valence-corrected chi connectivity index (χ2v) is 10.3. The summed E-state index contributed by atoms with van der Waals surface area (Å²) in [5.74, 6) is -2.03. The van der Waals surface area contributed by atoms with Crippen LogP contribution in [0.3, 0.4) is 0 Å². The molecule has 2 aromatic heterocycles. The van der Waals surface area contributed by atoms with Crippen molar-refractivity contribution in [2.45, 2.75) is 76.2 Å². The summed E-state index contributed by atoms with van der Waals surface area (Å²) < 4.78 is 5.23. The Morgan fingerprint density at radius 1 is 1.08 bits per heavy atom. The highest BCUT2D eigenvalue weighted by atomic mass is 16.5. The highest BCUT2D eigenvalue weighted by molar-refractivity contribution is 5.92. The Balaban J connectivity index is 1.75. The fourth-order valence-corrected chi connectivity index (χ4v) is 5.74. The number of ether oxygens (including phenoxy) is 1. The molecule has 0 radical (unpaired) electrons. The monoisotopic (exact) mass is 536 g/mol. The number of esters is 1. The van der Waals surface area contributed by atoms with E-state index in [0.29, 0.717) is 24.0 Å². The van der Waals surface area contributed by atoms with Crippen LogP contribution in [0.2, 0.25) is 0 Å². The highest BCUT2D eigenvalue weighted by Crippen LogP contribution is 2.47. The number of carbonyl (C=O) groups is 2. The fraction of sp³-hybridized carbons (Fsp3) is 0.556. The molecule has 0 amide bonds. The molecule has 12 nitrogen and oxygen atoms in total. The summed E-state index contributed by atoms with van der Waals surface area (Å²) in [5.41, 5.74) is 7.76. The average Bonchev–Trinajstić information content (AvgIpc) is 3.62. The summed E-state index contributed by atoms with van der Waals surface area (Å²) >= 11 is 0. The molecule has 1 aliphatic heterocycles. The molecule has 2 saturated carbocycles. The number of hydrogen-bond acceptors (Lipinski definition) is 11. The van der Waals surface area contributed by atoms with Crippen LogP contribution in [-0.4, -0.2) is 66.9 Å². The molecule has 2 fully saturated rings. The maximum absolute atomic E-state index is 13.1. The molecule has 4 N–H and O–H groups in total. The van der Waals surface area contributed by atoms with Gasteiger partial charge >= 0.3 is 11.9 Å². The molecule has 0 saturated heterocycles. The molecular formula is C27H36N8O4. The minimum Gasteiger partial charge on any atom is -0.477 e. The van der Waals surface area contributed by atoms with Crippen LogP contribution in [0.4, 0.5) is 5.95 Å². The number of nitrogens with zero attached hydrogens (tertiary/aromatic N) is 6. The van der Waals surface area contributed by atoms with Crippen molar-refractivity contribution in [3.8, 4) is 0 Å². The fourth-order valence-electron chi connectivity index (χ4n) is 5.74. The Bertz CT molecular complexity index is 1190. The molecule has 0 spiro atoms. The number of carboxylic acid groups (broad SMARTS) is 1. The van der Waals surface area contributed by atoms with Gasteiger partial charge in [0.2, 0.25) is 5.95 Å². The van der Waals surface area contributed by atoms with E-state index in [1.807, 2.05) is 0 Å². The van der Waals surface area contributed by atoms with Gasteiger partial charge in [-0.05, 0) is 50.7 Å². The van der Waals surface area contributed by atoms with Crippen LogP contribution < -0.4 is 16.0 Å². The van der Waals surface area contributed by atoms with Gasteiger partial charge in [0.05, 0.1) is 18.7 Å². The zero-order valence-corrected chi connectivity index (χ0v) is 22.2. The number of nitrogens with two attached hydrogens (primary N) is 1. The van der Waals surface area contributed by atoms with Crippen molar-refractivity contribution < 1.29 is 19.4 Å². The second-order valence-electron chi connectivity index (χ2n) is 10.3. The molecule has 208 valence electrons. The van der Waals surface area contributed by atoms with Crippen LogP contribution in [0, 0.1) is 5.92 Å². The zero-order chi connectivity index (χ0) is 27.4. The van der Waals surface area contributed by atoms with Crippen LogP contribution in [0.25, 0.3) is 0 Å². The van der Waals surface area contributed by atoms with Crippen molar-refractivity contribution in [1.29, 1.82) is 0 Å². The zero-order valence-electron chi connectivity index (χ0n) is 22.2. The third-order valence-electron chi connectivity index (χ3n) is 7.65. The molecule has 2 aromatic rings. The SMILES string of the molecule is CCOC(=O)CCC1(N)N(c2ncccn2)C(C(=O)O)=C(NCC2CC2)C(c2ncccn2)N1C1CCCC1. The third kappa shape index (κ3) is 5.57. The van der Waals surface area contributed by atoms with Crippen LogP contribution in [-0.2, 0) is 14.3 Å². The maximum atomic E-state index is 13.1. The molecule has 2 unspecified atom stereocenters. The van der Waals surface area contributed by atoms with Gasteiger partial charge in [-0.1, -0.05) is 12.8 Å². The van der Waals surface area contributed by atoms with Crippen LogP contribution in [0.5, 0.6) is 0 Å². The van der Waals surface area contributed by atoms with Crippen LogP contribution >= 0.6 is 0 Å². The first-order chi connectivity index (χ1) is 18.9. The van der Waals surface area contributed by atoms with Crippen molar-refractivity contribution in [3.63, 3.8) is 0 Å². The summed E-state index contributed by atoms with van der Waals surface area (Å²) in [4.78, 5) is 47.4. The lowest BCUT2D eigenvalue weighted by Crippen LogP contribution is -2.73. The molecule has 5 rings (SSSR count). The molecule has 39 heavy (non-hydrogen) atoms. The number of aromatic nitrogens is 4. The third-order valence-corrected chi connectivity index (χ3v) is 7.65. The van der Waals surface area contributed by atoms with E-state index in [2.05, 4.69) is 30.2 Å². The number of anilines is 1. The topological polar surface area (TPSA) is 160 Å². The largest absolute Gasteiger partial charge is 0.477 e. The Hall–Kier alpha value is -3.64. The normalized spacial score (nSPS) is 24.2. The summed E-state index contributed by atoms with van der Waals surface area (Å²) in [6.45, 7) is 2.61.